The molecule has 156 valence electrons. The Bertz CT molecular complexity index is 997. The molecule has 5 rings (SSSR count). The first-order chi connectivity index (χ1) is 14.6. The van der Waals surface area contributed by atoms with Crippen molar-refractivity contribution in [2.75, 3.05) is 20.3 Å². The minimum absolute atomic E-state index is 0.521. The molecule has 1 aliphatic heterocycles. The van der Waals surface area contributed by atoms with Crippen molar-refractivity contribution in [2.24, 2.45) is 0 Å². The summed E-state index contributed by atoms with van der Waals surface area (Å²) in [6, 6.07) is 19.9. The summed E-state index contributed by atoms with van der Waals surface area (Å²) in [5.41, 5.74) is 2.58. The lowest BCUT2D eigenvalue weighted by atomic mass is 9.79. The summed E-state index contributed by atoms with van der Waals surface area (Å²) in [5.74, 6) is 0.282. The highest BCUT2D eigenvalue weighted by atomic mass is 16.7. The second-order valence-corrected chi connectivity index (χ2v) is 8.03. The topological polar surface area (TPSA) is 65.7 Å². The van der Waals surface area contributed by atoms with Crippen LogP contribution in [0, 0.1) is 0 Å². The SMILES string of the molecule is COc1ccc(-c2cc(C3(O)CCC4(CC3)OCCO4)nn2-c2ccccc2)cc1. The van der Waals surface area contributed by atoms with Gasteiger partial charge in [-0.05, 0) is 55.3 Å². The van der Waals surface area contributed by atoms with Gasteiger partial charge in [0.1, 0.15) is 11.4 Å². The Balaban J connectivity index is 1.52. The maximum Gasteiger partial charge on any atom is 0.168 e. The van der Waals surface area contributed by atoms with Crippen LogP contribution in [0.25, 0.3) is 16.9 Å². The van der Waals surface area contributed by atoms with Crippen LogP contribution >= 0.6 is 0 Å². The lowest BCUT2D eigenvalue weighted by Crippen LogP contribution is -2.42. The normalized spacial score (nSPS) is 19.8. The molecule has 2 heterocycles. The van der Waals surface area contributed by atoms with E-state index in [0.717, 1.165) is 22.7 Å². The van der Waals surface area contributed by atoms with E-state index in [1.165, 1.54) is 0 Å². The van der Waals surface area contributed by atoms with E-state index in [2.05, 4.69) is 0 Å². The van der Waals surface area contributed by atoms with Gasteiger partial charge in [0.05, 0.1) is 37.4 Å². The van der Waals surface area contributed by atoms with Crippen molar-refractivity contribution < 1.29 is 19.3 Å². The molecule has 1 aromatic heterocycles. The minimum atomic E-state index is -0.998. The summed E-state index contributed by atoms with van der Waals surface area (Å²) < 4.78 is 18.9. The Morgan fingerprint density at radius 2 is 1.60 bits per heavy atom. The fourth-order valence-corrected chi connectivity index (χ4v) is 4.43. The molecule has 0 amide bonds. The Kier molecular flexibility index (Phi) is 4.85. The van der Waals surface area contributed by atoms with Gasteiger partial charge in [-0.2, -0.15) is 5.10 Å². The monoisotopic (exact) mass is 406 g/mol. The third kappa shape index (κ3) is 3.41. The van der Waals surface area contributed by atoms with Crippen LogP contribution < -0.4 is 4.74 Å². The molecule has 1 saturated carbocycles. The van der Waals surface area contributed by atoms with E-state index < -0.39 is 11.4 Å². The molecule has 2 aliphatic rings. The molecule has 1 saturated heterocycles. The van der Waals surface area contributed by atoms with Crippen molar-refractivity contribution in [2.45, 2.75) is 37.1 Å². The zero-order valence-corrected chi connectivity index (χ0v) is 17.1. The molecule has 1 spiro atoms. The van der Waals surface area contributed by atoms with Crippen LogP contribution in [-0.2, 0) is 15.1 Å². The number of aromatic nitrogens is 2. The highest BCUT2D eigenvalue weighted by Crippen LogP contribution is 2.45. The summed E-state index contributed by atoms with van der Waals surface area (Å²) in [4.78, 5) is 0. The second-order valence-electron chi connectivity index (χ2n) is 8.03. The molecule has 6 heteroatoms. The smallest absolute Gasteiger partial charge is 0.168 e. The number of hydrogen-bond acceptors (Lipinski definition) is 5. The predicted molar refractivity (Wildman–Crippen MR) is 113 cm³/mol. The van der Waals surface area contributed by atoms with E-state index >= 15 is 0 Å². The van der Waals surface area contributed by atoms with E-state index in [1.54, 1.807) is 7.11 Å². The van der Waals surface area contributed by atoms with Crippen molar-refractivity contribution in [3.05, 3.63) is 66.4 Å². The van der Waals surface area contributed by atoms with Gasteiger partial charge in [-0.25, -0.2) is 4.68 Å². The number of ether oxygens (including phenoxy) is 3. The Morgan fingerprint density at radius 1 is 0.933 bits per heavy atom. The number of para-hydroxylation sites is 1. The molecule has 1 N–H and O–H groups in total. The Labute approximate surface area is 176 Å². The van der Waals surface area contributed by atoms with Crippen LogP contribution in [0.5, 0.6) is 5.75 Å². The van der Waals surface area contributed by atoms with Gasteiger partial charge in [0.2, 0.25) is 0 Å². The number of rotatable bonds is 4. The van der Waals surface area contributed by atoms with E-state index in [4.69, 9.17) is 19.3 Å². The molecule has 0 atom stereocenters. The van der Waals surface area contributed by atoms with Crippen molar-refractivity contribution in [1.29, 1.82) is 0 Å². The van der Waals surface area contributed by atoms with Crippen LogP contribution in [0.15, 0.2) is 60.7 Å². The van der Waals surface area contributed by atoms with Gasteiger partial charge in [-0.15, -0.1) is 0 Å². The molecule has 1 aliphatic carbocycles. The number of benzene rings is 2. The minimum Gasteiger partial charge on any atom is -0.497 e. The van der Waals surface area contributed by atoms with Gasteiger partial charge in [0.25, 0.3) is 0 Å². The van der Waals surface area contributed by atoms with Crippen molar-refractivity contribution in [3.63, 3.8) is 0 Å². The standard InChI is InChI=1S/C24H26N2O4/c1-28-20-9-7-18(8-10-20)21-17-22(25-26(21)19-5-3-2-4-6-19)23(27)11-13-24(14-12-23)29-15-16-30-24/h2-10,17,27H,11-16H2,1H3. The average molecular weight is 406 g/mol. The number of aliphatic hydroxyl groups is 1. The summed E-state index contributed by atoms with van der Waals surface area (Å²) in [6.07, 6.45) is 2.45. The van der Waals surface area contributed by atoms with E-state index in [-0.39, 0.29) is 0 Å². The van der Waals surface area contributed by atoms with Crippen LogP contribution in [0.1, 0.15) is 31.4 Å². The van der Waals surface area contributed by atoms with Crippen LogP contribution in [0.3, 0.4) is 0 Å². The first-order valence-corrected chi connectivity index (χ1v) is 10.4. The molecule has 2 fully saturated rings. The largest absolute Gasteiger partial charge is 0.497 e. The van der Waals surface area contributed by atoms with Crippen LogP contribution in [0.2, 0.25) is 0 Å². The molecule has 0 unspecified atom stereocenters. The second kappa shape index (κ2) is 7.54. The Hall–Kier alpha value is -2.67. The maximum absolute atomic E-state index is 11.5. The number of hydrogen-bond donors (Lipinski definition) is 1. The number of methoxy groups -OCH3 is 1. The molecular weight excluding hydrogens is 380 g/mol. The van der Waals surface area contributed by atoms with Crippen LogP contribution in [-0.4, -0.2) is 41.0 Å². The van der Waals surface area contributed by atoms with Crippen molar-refractivity contribution in [3.8, 4) is 22.7 Å². The van der Waals surface area contributed by atoms with Gasteiger partial charge in [-0.1, -0.05) is 18.2 Å². The molecule has 6 nitrogen and oxygen atoms in total. The van der Waals surface area contributed by atoms with Gasteiger partial charge < -0.3 is 19.3 Å². The van der Waals surface area contributed by atoms with Gasteiger partial charge in [-0.3, -0.25) is 0 Å². The van der Waals surface area contributed by atoms with Gasteiger partial charge >= 0.3 is 0 Å². The highest BCUT2D eigenvalue weighted by molar-refractivity contribution is 5.64. The van der Waals surface area contributed by atoms with E-state index in [1.807, 2.05) is 65.3 Å². The zero-order valence-electron chi connectivity index (χ0n) is 17.1. The van der Waals surface area contributed by atoms with Crippen molar-refractivity contribution >= 4 is 0 Å². The Morgan fingerprint density at radius 3 is 2.23 bits per heavy atom. The summed E-state index contributed by atoms with van der Waals surface area (Å²) in [7, 11) is 1.66. The molecule has 0 bridgehead atoms. The molecule has 3 aromatic rings. The average Bonchev–Trinajstić information content (AvgIpc) is 3.45. The van der Waals surface area contributed by atoms with E-state index in [0.29, 0.717) is 44.6 Å². The lowest BCUT2D eigenvalue weighted by molar-refractivity contribution is -0.204. The highest BCUT2D eigenvalue weighted by Gasteiger charge is 2.47. The predicted octanol–water partition coefficient (Wildman–Crippen LogP) is 4.05. The molecule has 0 radical (unpaired) electrons. The fraction of sp³-hybridized carbons (Fsp3) is 0.375. The first-order valence-electron chi connectivity index (χ1n) is 10.4. The van der Waals surface area contributed by atoms with Gasteiger partial charge in [0, 0.05) is 18.4 Å². The summed E-state index contributed by atoms with van der Waals surface area (Å²) >= 11 is 0. The lowest BCUT2D eigenvalue weighted by Gasteiger charge is -2.39. The summed E-state index contributed by atoms with van der Waals surface area (Å²) in [6.45, 7) is 1.26. The van der Waals surface area contributed by atoms with E-state index in [9.17, 15) is 5.11 Å². The number of nitrogens with zero attached hydrogens (tertiary/aromatic N) is 2. The zero-order chi connectivity index (χ0) is 20.6. The maximum atomic E-state index is 11.5. The fourth-order valence-electron chi connectivity index (χ4n) is 4.43. The molecular formula is C24H26N2O4. The molecule has 2 aromatic carbocycles. The third-order valence-electron chi connectivity index (χ3n) is 6.23. The van der Waals surface area contributed by atoms with Gasteiger partial charge in [0.15, 0.2) is 5.79 Å². The van der Waals surface area contributed by atoms with Crippen molar-refractivity contribution in [1.82, 2.24) is 9.78 Å². The third-order valence-corrected chi connectivity index (χ3v) is 6.23. The van der Waals surface area contributed by atoms with Crippen LogP contribution in [0.4, 0.5) is 0 Å². The first kappa shape index (κ1) is 19.3. The quantitative estimate of drug-likeness (QED) is 0.708. The molecule has 30 heavy (non-hydrogen) atoms. The summed E-state index contributed by atoms with van der Waals surface area (Å²) in [5, 5.41) is 16.4.